The van der Waals surface area contributed by atoms with Crippen molar-refractivity contribution >= 4 is 11.8 Å². The molecule has 1 fully saturated rings. The van der Waals surface area contributed by atoms with E-state index in [0.717, 1.165) is 44.4 Å². The average Bonchev–Trinajstić information content (AvgIpc) is 2.63. The SMILES string of the molecule is CCC(C)(C)c1ccc(N2CCN(c3ncccn3)CC2)nc1. The summed E-state index contributed by atoms with van der Waals surface area (Å²) in [5.41, 5.74) is 1.49. The molecule has 0 radical (unpaired) electrons. The molecule has 122 valence electrons. The topological polar surface area (TPSA) is 45.2 Å². The minimum absolute atomic E-state index is 0.189. The second-order valence-electron chi connectivity index (χ2n) is 6.67. The molecule has 3 heterocycles. The molecule has 0 bridgehead atoms. The summed E-state index contributed by atoms with van der Waals surface area (Å²) < 4.78 is 0. The van der Waals surface area contributed by atoms with Crippen molar-refractivity contribution in [3.63, 3.8) is 0 Å². The molecule has 3 rings (SSSR count). The second kappa shape index (κ2) is 6.52. The molecule has 0 aliphatic carbocycles. The number of hydrogen-bond acceptors (Lipinski definition) is 5. The molecular formula is C18H25N5. The summed E-state index contributed by atoms with van der Waals surface area (Å²) in [6.07, 6.45) is 6.74. The highest BCUT2D eigenvalue weighted by atomic mass is 15.3. The van der Waals surface area contributed by atoms with Crippen molar-refractivity contribution in [1.82, 2.24) is 15.0 Å². The molecule has 0 saturated carbocycles. The van der Waals surface area contributed by atoms with Crippen molar-refractivity contribution in [2.24, 2.45) is 0 Å². The third kappa shape index (κ3) is 3.44. The van der Waals surface area contributed by atoms with Gasteiger partial charge in [-0.25, -0.2) is 15.0 Å². The summed E-state index contributed by atoms with van der Waals surface area (Å²) in [7, 11) is 0. The van der Waals surface area contributed by atoms with Crippen LogP contribution in [0.25, 0.3) is 0 Å². The number of anilines is 2. The summed E-state index contributed by atoms with van der Waals surface area (Å²) in [6, 6.07) is 6.23. The maximum absolute atomic E-state index is 4.69. The van der Waals surface area contributed by atoms with Gasteiger partial charge in [0.2, 0.25) is 5.95 Å². The van der Waals surface area contributed by atoms with Gasteiger partial charge in [0, 0.05) is 44.8 Å². The van der Waals surface area contributed by atoms with Crippen LogP contribution >= 0.6 is 0 Å². The van der Waals surface area contributed by atoms with Gasteiger partial charge in [0.1, 0.15) is 5.82 Å². The van der Waals surface area contributed by atoms with Crippen molar-refractivity contribution in [3.8, 4) is 0 Å². The van der Waals surface area contributed by atoms with Gasteiger partial charge in [0.05, 0.1) is 0 Å². The van der Waals surface area contributed by atoms with Crippen LogP contribution in [0.3, 0.4) is 0 Å². The largest absolute Gasteiger partial charge is 0.353 e. The minimum Gasteiger partial charge on any atom is -0.353 e. The molecule has 0 aromatic carbocycles. The van der Waals surface area contributed by atoms with Crippen LogP contribution < -0.4 is 9.80 Å². The lowest BCUT2D eigenvalue weighted by Gasteiger charge is -2.35. The Morgan fingerprint density at radius 1 is 0.957 bits per heavy atom. The lowest BCUT2D eigenvalue weighted by atomic mass is 9.83. The summed E-state index contributed by atoms with van der Waals surface area (Å²) in [5.74, 6) is 1.88. The highest BCUT2D eigenvalue weighted by Gasteiger charge is 2.21. The molecule has 0 unspecified atom stereocenters. The molecule has 0 atom stereocenters. The maximum Gasteiger partial charge on any atom is 0.225 e. The Morgan fingerprint density at radius 2 is 1.61 bits per heavy atom. The van der Waals surface area contributed by atoms with Crippen LogP contribution in [0, 0.1) is 0 Å². The third-order valence-electron chi connectivity index (χ3n) is 4.85. The summed E-state index contributed by atoms with van der Waals surface area (Å²) in [6.45, 7) is 10.5. The second-order valence-corrected chi connectivity index (χ2v) is 6.67. The fraction of sp³-hybridized carbons (Fsp3) is 0.500. The van der Waals surface area contributed by atoms with Crippen LogP contribution in [0.1, 0.15) is 32.8 Å². The number of piperazine rings is 1. The van der Waals surface area contributed by atoms with E-state index < -0.39 is 0 Å². The number of aromatic nitrogens is 3. The van der Waals surface area contributed by atoms with Crippen LogP contribution in [0.15, 0.2) is 36.8 Å². The Morgan fingerprint density at radius 3 is 2.17 bits per heavy atom. The zero-order valence-corrected chi connectivity index (χ0v) is 14.2. The van der Waals surface area contributed by atoms with E-state index in [1.165, 1.54) is 5.56 Å². The highest BCUT2D eigenvalue weighted by molar-refractivity contribution is 5.43. The third-order valence-corrected chi connectivity index (χ3v) is 4.85. The lowest BCUT2D eigenvalue weighted by molar-refractivity contribution is 0.504. The Hall–Kier alpha value is -2.17. The molecule has 5 heteroatoms. The molecule has 0 spiro atoms. The van der Waals surface area contributed by atoms with Crippen molar-refractivity contribution in [3.05, 3.63) is 42.4 Å². The van der Waals surface area contributed by atoms with Gasteiger partial charge in [-0.1, -0.05) is 26.8 Å². The van der Waals surface area contributed by atoms with Gasteiger partial charge in [-0.15, -0.1) is 0 Å². The standard InChI is InChI=1S/C18H25N5/c1-4-18(2,3)15-6-7-16(21-14-15)22-10-12-23(13-11-22)17-19-8-5-9-20-17/h5-9,14H,4,10-13H2,1-3H3. The zero-order valence-electron chi connectivity index (χ0n) is 14.2. The Kier molecular flexibility index (Phi) is 4.46. The molecule has 5 nitrogen and oxygen atoms in total. The Labute approximate surface area is 138 Å². The van der Waals surface area contributed by atoms with E-state index >= 15 is 0 Å². The van der Waals surface area contributed by atoms with Crippen LogP contribution in [-0.4, -0.2) is 41.1 Å². The van der Waals surface area contributed by atoms with Crippen LogP contribution in [0.2, 0.25) is 0 Å². The predicted octanol–water partition coefficient (Wildman–Crippen LogP) is 2.89. The zero-order chi connectivity index (χ0) is 16.3. The first-order valence-electron chi connectivity index (χ1n) is 8.33. The van der Waals surface area contributed by atoms with Gasteiger partial charge in [-0.05, 0) is 29.5 Å². The number of pyridine rings is 1. The normalized spacial score (nSPS) is 15.8. The van der Waals surface area contributed by atoms with Crippen LogP contribution in [-0.2, 0) is 5.41 Å². The fourth-order valence-corrected chi connectivity index (χ4v) is 2.77. The van der Waals surface area contributed by atoms with E-state index in [1.54, 1.807) is 12.4 Å². The van der Waals surface area contributed by atoms with Gasteiger partial charge in [0.15, 0.2) is 0 Å². The van der Waals surface area contributed by atoms with E-state index in [1.807, 2.05) is 12.3 Å². The minimum atomic E-state index is 0.189. The molecule has 2 aromatic rings. The number of hydrogen-bond donors (Lipinski definition) is 0. The lowest BCUT2D eigenvalue weighted by Crippen LogP contribution is -2.47. The van der Waals surface area contributed by atoms with Crippen LogP contribution in [0.5, 0.6) is 0 Å². The van der Waals surface area contributed by atoms with E-state index in [2.05, 4.69) is 52.7 Å². The first-order chi connectivity index (χ1) is 11.1. The number of rotatable bonds is 4. The smallest absolute Gasteiger partial charge is 0.225 e. The van der Waals surface area contributed by atoms with Crippen molar-refractivity contribution in [2.45, 2.75) is 32.6 Å². The maximum atomic E-state index is 4.69. The molecule has 1 saturated heterocycles. The molecule has 1 aliphatic heterocycles. The molecule has 2 aromatic heterocycles. The average molecular weight is 311 g/mol. The fourth-order valence-electron chi connectivity index (χ4n) is 2.77. The van der Waals surface area contributed by atoms with Gasteiger partial charge in [-0.2, -0.15) is 0 Å². The Balaban J connectivity index is 1.64. The quantitative estimate of drug-likeness (QED) is 0.869. The summed E-state index contributed by atoms with van der Waals surface area (Å²) in [5, 5.41) is 0. The van der Waals surface area contributed by atoms with Crippen molar-refractivity contribution < 1.29 is 0 Å². The molecule has 0 amide bonds. The first-order valence-corrected chi connectivity index (χ1v) is 8.33. The van der Waals surface area contributed by atoms with Crippen LogP contribution in [0.4, 0.5) is 11.8 Å². The molecule has 23 heavy (non-hydrogen) atoms. The Bertz CT molecular complexity index is 616. The molecule has 0 N–H and O–H groups in total. The predicted molar refractivity (Wildman–Crippen MR) is 94.0 cm³/mol. The molecular weight excluding hydrogens is 286 g/mol. The van der Waals surface area contributed by atoms with E-state index in [0.29, 0.717) is 0 Å². The van der Waals surface area contributed by atoms with Crippen molar-refractivity contribution in [1.29, 1.82) is 0 Å². The van der Waals surface area contributed by atoms with E-state index in [-0.39, 0.29) is 5.41 Å². The van der Waals surface area contributed by atoms with Gasteiger partial charge in [-0.3, -0.25) is 0 Å². The number of nitrogens with zero attached hydrogens (tertiary/aromatic N) is 5. The first kappa shape index (κ1) is 15.7. The van der Waals surface area contributed by atoms with Gasteiger partial charge < -0.3 is 9.80 Å². The van der Waals surface area contributed by atoms with Gasteiger partial charge in [0.25, 0.3) is 0 Å². The summed E-state index contributed by atoms with van der Waals surface area (Å²) >= 11 is 0. The van der Waals surface area contributed by atoms with E-state index in [9.17, 15) is 0 Å². The summed E-state index contributed by atoms with van der Waals surface area (Å²) in [4.78, 5) is 17.9. The molecule has 1 aliphatic rings. The van der Waals surface area contributed by atoms with Gasteiger partial charge >= 0.3 is 0 Å². The highest BCUT2D eigenvalue weighted by Crippen LogP contribution is 2.27. The monoisotopic (exact) mass is 311 g/mol. The van der Waals surface area contributed by atoms with E-state index in [4.69, 9.17) is 4.98 Å². The van der Waals surface area contributed by atoms with Crippen molar-refractivity contribution in [2.75, 3.05) is 36.0 Å².